The van der Waals surface area contributed by atoms with Gasteiger partial charge in [-0.05, 0) is 23.8 Å². The van der Waals surface area contributed by atoms with Gasteiger partial charge in [0.1, 0.15) is 0 Å². The fraction of sp³-hybridized carbons (Fsp3) is 0.400. The summed E-state index contributed by atoms with van der Waals surface area (Å²) >= 11 is 3.40. The van der Waals surface area contributed by atoms with Gasteiger partial charge in [-0.15, -0.1) is 0 Å². The van der Waals surface area contributed by atoms with E-state index in [2.05, 4.69) is 15.9 Å². The molecule has 0 aliphatic rings. The zero-order valence-electron chi connectivity index (χ0n) is 8.20. The number of rotatable bonds is 4. The van der Waals surface area contributed by atoms with E-state index in [4.69, 9.17) is 10.8 Å². The van der Waals surface area contributed by atoms with Gasteiger partial charge in [0.05, 0.1) is 6.61 Å². The Morgan fingerprint density at radius 2 is 2.21 bits per heavy atom. The standard InChI is InChI=1S/C10H15BrN2O/c1-13(4-5-14)10-3-2-9(11)6-8(10)7-12/h2-3,6,14H,4-5,7,12H2,1H3. The molecule has 78 valence electrons. The summed E-state index contributed by atoms with van der Waals surface area (Å²) in [6, 6.07) is 5.98. The van der Waals surface area contributed by atoms with Crippen molar-refractivity contribution in [2.24, 2.45) is 5.73 Å². The molecule has 0 spiro atoms. The van der Waals surface area contributed by atoms with Crippen molar-refractivity contribution in [2.45, 2.75) is 6.54 Å². The van der Waals surface area contributed by atoms with Gasteiger partial charge in [0.2, 0.25) is 0 Å². The van der Waals surface area contributed by atoms with Crippen LogP contribution in [0.25, 0.3) is 0 Å². The Hall–Kier alpha value is -0.580. The van der Waals surface area contributed by atoms with Crippen molar-refractivity contribution in [3.63, 3.8) is 0 Å². The molecule has 1 rings (SSSR count). The van der Waals surface area contributed by atoms with E-state index in [9.17, 15) is 0 Å². The Morgan fingerprint density at radius 1 is 1.50 bits per heavy atom. The maximum atomic E-state index is 8.83. The molecule has 1 aromatic carbocycles. The summed E-state index contributed by atoms with van der Waals surface area (Å²) in [7, 11) is 1.94. The van der Waals surface area contributed by atoms with Crippen LogP contribution in [-0.2, 0) is 6.54 Å². The van der Waals surface area contributed by atoms with Gasteiger partial charge in [-0.25, -0.2) is 0 Å². The molecule has 0 aliphatic heterocycles. The molecule has 14 heavy (non-hydrogen) atoms. The summed E-state index contributed by atoms with van der Waals surface area (Å²) in [4.78, 5) is 1.99. The second-order valence-corrected chi connectivity index (χ2v) is 4.04. The lowest BCUT2D eigenvalue weighted by Crippen LogP contribution is -2.22. The van der Waals surface area contributed by atoms with Gasteiger partial charge in [0.15, 0.2) is 0 Å². The summed E-state index contributed by atoms with van der Waals surface area (Å²) in [5.74, 6) is 0. The Morgan fingerprint density at radius 3 is 2.79 bits per heavy atom. The first-order valence-corrected chi connectivity index (χ1v) is 5.29. The number of hydrogen-bond donors (Lipinski definition) is 2. The molecular weight excluding hydrogens is 244 g/mol. The van der Waals surface area contributed by atoms with E-state index in [0.717, 1.165) is 15.7 Å². The molecule has 0 bridgehead atoms. The summed E-state index contributed by atoms with van der Waals surface area (Å²) in [6.45, 7) is 1.27. The van der Waals surface area contributed by atoms with Gasteiger partial charge in [0, 0.05) is 30.3 Å². The highest BCUT2D eigenvalue weighted by atomic mass is 79.9. The predicted molar refractivity (Wildman–Crippen MR) is 62.4 cm³/mol. The molecule has 0 fully saturated rings. The average molecular weight is 259 g/mol. The van der Waals surface area contributed by atoms with Crippen molar-refractivity contribution in [1.82, 2.24) is 0 Å². The summed E-state index contributed by atoms with van der Waals surface area (Å²) in [5.41, 5.74) is 7.80. The van der Waals surface area contributed by atoms with Crippen LogP contribution in [0, 0.1) is 0 Å². The van der Waals surface area contributed by atoms with E-state index in [1.807, 2.05) is 30.1 Å². The number of halogens is 1. The Kier molecular flexibility index (Phi) is 4.38. The van der Waals surface area contributed by atoms with E-state index in [0.29, 0.717) is 13.1 Å². The molecule has 0 radical (unpaired) electrons. The number of nitrogens with zero attached hydrogens (tertiary/aromatic N) is 1. The molecular formula is C10H15BrN2O. The van der Waals surface area contributed by atoms with Crippen LogP contribution in [0.2, 0.25) is 0 Å². The Balaban J connectivity index is 2.95. The second kappa shape index (κ2) is 5.34. The largest absolute Gasteiger partial charge is 0.395 e. The first kappa shape index (κ1) is 11.5. The molecule has 0 amide bonds. The minimum absolute atomic E-state index is 0.149. The van der Waals surface area contributed by atoms with Gasteiger partial charge < -0.3 is 15.7 Å². The number of aliphatic hydroxyl groups is 1. The smallest absolute Gasteiger partial charge is 0.0606 e. The molecule has 3 nitrogen and oxygen atoms in total. The average Bonchev–Trinajstić information content (AvgIpc) is 2.17. The third-order valence-corrected chi connectivity index (χ3v) is 2.60. The Labute approximate surface area is 92.7 Å². The highest BCUT2D eigenvalue weighted by Crippen LogP contribution is 2.23. The van der Waals surface area contributed by atoms with Crippen molar-refractivity contribution >= 4 is 21.6 Å². The molecule has 0 unspecified atom stereocenters. The van der Waals surface area contributed by atoms with Crippen molar-refractivity contribution < 1.29 is 5.11 Å². The molecule has 0 atom stereocenters. The number of hydrogen-bond acceptors (Lipinski definition) is 3. The van der Waals surface area contributed by atoms with Crippen molar-refractivity contribution in [2.75, 3.05) is 25.1 Å². The molecule has 0 saturated heterocycles. The van der Waals surface area contributed by atoms with E-state index in [-0.39, 0.29) is 6.61 Å². The summed E-state index contributed by atoms with van der Waals surface area (Å²) in [6.07, 6.45) is 0. The van der Waals surface area contributed by atoms with Gasteiger partial charge in [-0.2, -0.15) is 0 Å². The summed E-state index contributed by atoms with van der Waals surface area (Å²) in [5, 5.41) is 8.83. The molecule has 0 saturated carbocycles. The third-order valence-electron chi connectivity index (χ3n) is 2.11. The number of nitrogens with two attached hydrogens (primary N) is 1. The van der Waals surface area contributed by atoms with Crippen LogP contribution in [-0.4, -0.2) is 25.3 Å². The first-order valence-electron chi connectivity index (χ1n) is 4.49. The van der Waals surface area contributed by atoms with Crippen molar-refractivity contribution in [3.05, 3.63) is 28.2 Å². The maximum Gasteiger partial charge on any atom is 0.0606 e. The quantitative estimate of drug-likeness (QED) is 0.857. The zero-order valence-corrected chi connectivity index (χ0v) is 9.79. The molecule has 1 aromatic rings. The van der Waals surface area contributed by atoms with Crippen LogP contribution >= 0.6 is 15.9 Å². The lowest BCUT2D eigenvalue weighted by molar-refractivity contribution is 0.304. The molecule has 3 N–H and O–H groups in total. The second-order valence-electron chi connectivity index (χ2n) is 3.12. The lowest BCUT2D eigenvalue weighted by atomic mass is 10.1. The third kappa shape index (κ3) is 2.70. The van der Waals surface area contributed by atoms with Crippen LogP contribution in [0.5, 0.6) is 0 Å². The number of likely N-dealkylation sites (N-methyl/N-ethyl adjacent to an activating group) is 1. The molecule has 0 aromatic heterocycles. The van der Waals surface area contributed by atoms with Gasteiger partial charge in [-0.3, -0.25) is 0 Å². The normalized spacial score (nSPS) is 10.3. The van der Waals surface area contributed by atoms with Crippen LogP contribution in [0.1, 0.15) is 5.56 Å². The molecule has 0 heterocycles. The molecule has 0 aliphatic carbocycles. The zero-order chi connectivity index (χ0) is 10.6. The van der Waals surface area contributed by atoms with Crippen LogP contribution in [0.4, 0.5) is 5.69 Å². The summed E-state index contributed by atoms with van der Waals surface area (Å²) < 4.78 is 1.03. The van der Waals surface area contributed by atoms with Crippen LogP contribution < -0.4 is 10.6 Å². The lowest BCUT2D eigenvalue weighted by Gasteiger charge is -2.21. The fourth-order valence-electron chi connectivity index (χ4n) is 1.36. The highest BCUT2D eigenvalue weighted by molar-refractivity contribution is 9.10. The van der Waals surface area contributed by atoms with Gasteiger partial charge in [0.25, 0.3) is 0 Å². The van der Waals surface area contributed by atoms with Crippen molar-refractivity contribution in [3.8, 4) is 0 Å². The van der Waals surface area contributed by atoms with Gasteiger partial charge in [-0.1, -0.05) is 15.9 Å². The number of aliphatic hydroxyl groups excluding tert-OH is 1. The number of anilines is 1. The monoisotopic (exact) mass is 258 g/mol. The highest BCUT2D eigenvalue weighted by Gasteiger charge is 2.05. The minimum atomic E-state index is 0.149. The SMILES string of the molecule is CN(CCO)c1ccc(Br)cc1CN. The van der Waals surface area contributed by atoms with Crippen molar-refractivity contribution in [1.29, 1.82) is 0 Å². The topological polar surface area (TPSA) is 49.5 Å². The number of benzene rings is 1. The van der Waals surface area contributed by atoms with Crippen LogP contribution in [0.15, 0.2) is 22.7 Å². The van der Waals surface area contributed by atoms with E-state index < -0.39 is 0 Å². The van der Waals surface area contributed by atoms with Gasteiger partial charge >= 0.3 is 0 Å². The van der Waals surface area contributed by atoms with E-state index >= 15 is 0 Å². The fourth-order valence-corrected chi connectivity index (χ4v) is 1.77. The van der Waals surface area contributed by atoms with Crippen LogP contribution in [0.3, 0.4) is 0 Å². The Bertz CT molecular complexity index is 304. The van der Waals surface area contributed by atoms with E-state index in [1.165, 1.54) is 0 Å². The minimum Gasteiger partial charge on any atom is -0.395 e. The predicted octanol–water partition coefficient (Wildman–Crippen LogP) is 1.34. The first-order chi connectivity index (χ1) is 6.69. The molecule has 4 heteroatoms. The van der Waals surface area contributed by atoms with E-state index in [1.54, 1.807) is 0 Å². The maximum absolute atomic E-state index is 8.83.